The fourth-order valence-corrected chi connectivity index (χ4v) is 5.79. The Kier molecular flexibility index (Phi) is 9.05. The number of aryl methyl sites for hydroxylation is 1. The van der Waals surface area contributed by atoms with Gasteiger partial charge in [-0.2, -0.15) is 5.21 Å². The molecule has 0 bridgehead atoms. The van der Waals surface area contributed by atoms with Crippen molar-refractivity contribution >= 4 is 23.2 Å². The predicted octanol–water partition coefficient (Wildman–Crippen LogP) is 3.72. The maximum absolute atomic E-state index is 13.3. The molecular formula is C30H29N7O4S. The Balaban J connectivity index is 1.34. The molecule has 2 aromatic carbocycles. The lowest BCUT2D eigenvalue weighted by atomic mass is 10.0. The number of hydrogen-bond donors (Lipinski definition) is 4. The molecular weight excluding hydrogens is 554 g/mol. The van der Waals surface area contributed by atoms with Crippen molar-refractivity contribution < 1.29 is 19.8 Å². The van der Waals surface area contributed by atoms with Crippen LogP contribution in [-0.2, 0) is 24.1 Å². The Morgan fingerprint density at radius 1 is 1.02 bits per heavy atom. The first-order valence-electron chi connectivity index (χ1n) is 13.4. The monoisotopic (exact) mass is 583 g/mol. The second-order valence-corrected chi connectivity index (χ2v) is 10.8. The van der Waals surface area contributed by atoms with E-state index in [0.29, 0.717) is 22.8 Å². The van der Waals surface area contributed by atoms with E-state index < -0.39 is 24.0 Å². The lowest BCUT2D eigenvalue weighted by molar-refractivity contribution is -0.148. The van der Waals surface area contributed by atoms with Crippen molar-refractivity contribution in [3.8, 4) is 22.6 Å². The summed E-state index contributed by atoms with van der Waals surface area (Å²) >= 11 is 1.34. The van der Waals surface area contributed by atoms with Gasteiger partial charge in [0.05, 0.1) is 28.5 Å². The molecule has 0 aliphatic carbocycles. The molecule has 3 aromatic heterocycles. The molecule has 0 spiro atoms. The highest BCUT2D eigenvalue weighted by Gasteiger charge is 2.29. The van der Waals surface area contributed by atoms with Gasteiger partial charge in [-0.3, -0.25) is 14.8 Å². The number of aliphatic carboxylic acids is 1. The molecule has 42 heavy (non-hydrogen) atoms. The fraction of sp³-hybridized carbons (Fsp3) is 0.233. The van der Waals surface area contributed by atoms with Crippen molar-refractivity contribution in [2.24, 2.45) is 0 Å². The Bertz CT molecular complexity index is 1640. The van der Waals surface area contributed by atoms with E-state index in [1.165, 1.54) is 11.3 Å². The van der Waals surface area contributed by atoms with Gasteiger partial charge in [0.15, 0.2) is 6.10 Å². The van der Waals surface area contributed by atoms with Crippen molar-refractivity contribution in [3.05, 3.63) is 99.6 Å². The van der Waals surface area contributed by atoms with Crippen molar-refractivity contribution in [1.82, 2.24) is 35.9 Å². The number of aromatic amines is 1. The molecule has 12 heteroatoms. The number of aliphatic hydroxyl groups excluding tert-OH is 1. The second kappa shape index (κ2) is 13.2. The molecule has 4 N–H and O–H groups in total. The maximum Gasteiger partial charge on any atom is 0.334 e. The Labute approximate surface area is 245 Å². The lowest BCUT2D eigenvalue weighted by Crippen LogP contribution is -2.48. The minimum absolute atomic E-state index is 0.178. The molecule has 0 saturated heterocycles. The number of thiophene rings is 1. The molecule has 11 nitrogen and oxygen atoms in total. The molecule has 1 amide bonds. The summed E-state index contributed by atoms with van der Waals surface area (Å²) < 4.78 is 0. The van der Waals surface area contributed by atoms with E-state index in [1.54, 1.807) is 12.4 Å². The minimum atomic E-state index is -1.75. The normalized spacial score (nSPS) is 12.5. The number of carboxylic acids is 1. The van der Waals surface area contributed by atoms with Crippen molar-refractivity contribution in [3.63, 3.8) is 0 Å². The molecule has 0 aliphatic rings. The van der Waals surface area contributed by atoms with Crippen LogP contribution in [0.25, 0.3) is 22.6 Å². The topological polar surface area (TPSA) is 167 Å². The van der Waals surface area contributed by atoms with Crippen LogP contribution in [0.5, 0.6) is 0 Å². The number of carboxylic acid groups (broad SMARTS) is 1. The van der Waals surface area contributed by atoms with E-state index in [0.717, 1.165) is 45.7 Å². The van der Waals surface area contributed by atoms with Crippen LogP contribution in [0.1, 0.15) is 44.7 Å². The number of aliphatic hydroxyl groups is 1. The van der Waals surface area contributed by atoms with Crippen LogP contribution >= 0.6 is 11.3 Å². The van der Waals surface area contributed by atoms with E-state index in [-0.39, 0.29) is 6.42 Å². The smallest absolute Gasteiger partial charge is 0.334 e. The molecule has 0 radical (unpaired) electrons. The molecule has 214 valence electrons. The molecule has 0 fully saturated rings. The van der Waals surface area contributed by atoms with Gasteiger partial charge in [0.1, 0.15) is 0 Å². The SMILES string of the molecule is CCCc1cc(C(=O)NC(Cc2ccccc2)C(O)C(=O)O)sc1Cc1cnc(-c2ccccc2-c2nn[nH]n2)cn1. The number of benzene rings is 2. The maximum atomic E-state index is 13.3. The third kappa shape index (κ3) is 6.73. The number of aromatic nitrogens is 6. The number of nitrogens with zero attached hydrogens (tertiary/aromatic N) is 5. The zero-order valence-electron chi connectivity index (χ0n) is 22.8. The molecule has 2 atom stereocenters. The van der Waals surface area contributed by atoms with E-state index >= 15 is 0 Å². The highest BCUT2D eigenvalue weighted by atomic mass is 32.1. The van der Waals surface area contributed by atoms with Gasteiger partial charge >= 0.3 is 5.97 Å². The predicted molar refractivity (Wildman–Crippen MR) is 157 cm³/mol. The van der Waals surface area contributed by atoms with Crippen LogP contribution in [0.15, 0.2) is 73.1 Å². The van der Waals surface area contributed by atoms with Crippen LogP contribution in [0, 0.1) is 0 Å². The first-order chi connectivity index (χ1) is 20.4. The van der Waals surface area contributed by atoms with Gasteiger partial charge in [0.25, 0.3) is 5.91 Å². The summed E-state index contributed by atoms with van der Waals surface area (Å²) in [4.78, 5) is 35.6. The summed E-state index contributed by atoms with van der Waals surface area (Å²) in [6.07, 6.45) is 4.00. The number of amides is 1. The number of nitrogens with one attached hydrogen (secondary N) is 2. The van der Waals surface area contributed by atoms with Gasteiger partial charge in [-0.1, -0.05) is 67.9 Å². The van der Waals surface area contributed by atoms with Crippen LogP contribution in [0.2, 0.25) is 0 Å². The first kappa shape index (κ1) is 28.7. The zero-order chi connectivity index (χ0) is 29.5. The van der Waals surface area contributed by atoms with Crippen molar-refractivity contribution in [1.29, 1.82) is 0 Å². The fourth-order valence-electron chi connectivity index (χ4n) is 4.66. The van der Waals surface area contributed by atoms with Gasteiger partial charge in [-0.05, 0) is 35.2 Å². The molecule has 0 aliphatic heterocycles. The van der Waals surface area contributed by atoms with Crippen LogP contribution in [0.3, 0.4) is 0 Å². The summed E-state index contributed by atoms with van der Waals surface area (Å²) in [7, 11) is 0. The number of rotatable bonds is 12. The van der Waals surface area contributed by atoms with Crippen LogP contribution in [0.4, 0.5) is 0 Å². The Morgan fingerprint density at radius 3 is 2.45 bits per heavy atom. The van der Waals surface area contributed by atoms with E-state index in [9.17, 15) is 19.8 Å². The summed E-state index contributed by atoms with van der Waals surface area (Å²) in [5.41, 5.74) is 4.85. The van der Waals surface area contributed by atoms with Gasteiger partial charge in [-0.15, -0.1) is 21.5 Å². The van der Waals surface area contributed by atoms with E-state index in [1.807, 2.05) is 60.7 Å². The van der Waals surface area contributed by atoms with Gasteiger partial charge in [-0.25, -0.2) is 4.79 Å². The van der Waals surface area contributed by atoms with Gasteiger partial charge in [0.2, 0.25) is 5.82 Å². The van der Waals surface area contributed by atoms with Gasteiger partial charge < -0.3 is 15.5 Å². The van der Waals surface area contributed by atoms with Crippen molar-refractivity contribution in [2.75, 3.05) is 0 Å². The third-order valence-electron chi connectivity index (χ3n) is 6.73. The van der Waals surface area contributed by atoms with Crippen molar-refractivity contribution in [2.45, 2.75) is 44.8 Å². The summed E-state index contributed by atoms with van der Waals surface area (Å²) in [5, 5.41) is 36.8. The lowest BCUT2D eigenvalue weighted by Gasteiger charge is -2.21. The standard InChI is InChI=1S/C30H29N7O4S/c1-2-8-19-14-26(29(39)33-23(27(38)30(40)41)13-18-9-4-3-5-10-18)42-25(19)15-20-16-32-24(17-31-20)21-11-6-7-12-22(21)28-34-36-37-35-28/h3-7,9-12,14,16-17,23,27,38H,2,8,13,15H2,1H3,(H,33,39)(H,40,41)(H,34,35,36,37). The van der Waals surface area contributed by atoms with E-state index in [2.05, 4.69) is 42.8 Å². The van der Waals surface area contributed by atoms with Crippen LogP contribution in [-0.4, -0.2) is 64.8 Å². The van der Waals surface area contributed by atoms with Crippen LogP contribution < -0.4 is 5.32 Å². The largest absolute Gasteiger partial charge is 0.479 e. The molecule has 5 aromatic rings. The molecule has 3 heterocycles. The average Bonchev–Trinajstić information content (AvgIpc) is 3.68. The summed E-state index contributed by atoms with van der Waals surface area (Å²) in [6.45, 7) is 2.07. The van der Waals surface area contributed by atoms with E-state index in [4.69, 9.17) is 0 Å². The number of carbonyl (C=O) groups excluding carboxylic acids is 1. The number of tetrazole rings is 1. The highest BCUT2D eigenvalue weighted by molar-refractivity contribution is 7.14. The number of hydrogen-bond acceptors (Lipinski definition) is 9. The first-order valence-corrected chi connectivity index (χ1v) is 14.3. The summed E-state index contributed by atoms with van der Waals surface area (Å²) in [5.74, 6) is -1.35. The molecule has 5 rings (SSSR count). The second-order valence-electron chi connectivity index (χ2n) is 9.71. The van der Waals surface area contributed by atoms with Gasteiger partial charge in [0, 0.05) is 28.6 Å². The quantitative estimate of drug-likeness (QED) is 0.171. The molecule has 2 unspecified atom stereocenters. The highest BCUT2D eigenvalue weighted by Crippen LogP contribution is 2.29. The summed E-state index contributed by atoms with van der Waals surface area (Å²) in [6, 6.07) is 17.6. The minimum Gasteiger partial charge on any atom is -0.479 e. The molecule has 0 saturated carbocycles. The zero-order valence-corrected chi connectivity index (χ0v) is 23.6. The Morgan fingerprint density at radius 2 is 1.79 bits per heavy atom. The number of H-pyrrole nitrogens is 1. The Hall–Kier alpha value is -4.81. The average molecular weight is 584 g/mol. The third-order valence-corrected chi connectivity index (χ3v) is 7.90. The number of carbonyl (C=O) groups is 2.